The lowest BCUT2D eigenvalue weighted by Gasteiger charge is -2.07. The number of rotatable bonds is 11. The number of furan rings is 1. The van der Waals surface area contributed by atoms with Gasteiger partial charge >= 0.3 is 5.97 Å². The highest BCUT2D eigenvalue weighted by molar-refractivity contribution is 5.94. The van der Waals surface area contributed by atoms with Crippen molar-refractivity contribution in [3.8, 4) is 0 Å². The molecule has 0 bridgehead atoms. The van der Waals surface area contributed by atoms with Crippen molar-refractivity contribution in [1.82, 2.24) is 0 Å². The first kappa shape index (κ1) is 22.7. The van der Waals surface area contributed by atoms with Crippen LogP contribution >= 0.6 is 0 Å². The molecule has 1 atom stereocenters. The van der Waals surface area contributed by atoms with E-state index in [0.29, 0.717) is 17.8 Å². The van der Waals surface area contributed by atoms with Crippen molar-refractivity contribution in [3.63, 3.8) is 0 Å². The van der Waals surface area contributed by atoms with E-state index < -0.39 is 0 Å². The maximum absolute atomic E-state index is 12.4. The van der Waals surface area contributed by atoms with Crippen LogP contribution in [0.4, 0.5) is 0 Å². The predicted octanol–water partition coefficient (Wildman–Crippen LogP) is 6.26. The van der Waals surface area contributed by atoms with Gasteiger partial charge in [-0.05, 0) is 88.1 Å². The van der Waals surface area contributed by atoms with Gasteiger partial charge in [0.15, 0.2) is 5.78 Å². The Hall–Kier alpha value is -2.62. The molecule has 2 rings (SSSR count). The number of aryl methyl sites for hydroxylation is 1. The largest absolute Gasteiger partial charge is 0.472 e. The number of hydrogen-bond acceptors (Lipinski definition) is 4. The summed E-state index contributed by atoms with van der Waals surface area (Å²) in [6.45, 7) is 7.81. The number of esters is 1. The van der Waals surface area contributed by atoms with E-state index in [-0.39, 0.29) is 17.7 Å². The topological polar surface area (TPSA) is 56.5 Å². The van der Waals surface area contributed by atoms with Crippen LogP contribution in [0.2, 0.25) is 0 Å². The minimum Gasteiger partial charge on any atom is -0.472 e. The molecule has 0 saturated heterocycles. The van der Waals surface area contributed by atoms with Gasteiger partial charge < -0.3 is 9.15 Å². The van der Waals surface area contributed by atoms with Crippen LogP contribution in [0, 0.1) is 5.92 Å². The molecule has 1 aromatic rings. The highest BCUT2D eigenvalue weighted by atomic mass is 16.5. The molecule has 1 aromatic heterocycles. The van der Waals surface area contributed by atoms with E-state index in [2.05, 4.69) is 13.0 Å². The molecule has 1 unspecified atom stereocenters. The zero-order valence-corrected chi connectivity index (χ0v) is 18.0. The summed E-state index contributed by atoms with van der Waals surface area (Å²) in [4.78, 5) is 23.7. The van der Waals surface area contributed by atoms with Gasteiger partial charge in [-0.3, -0.25) is 4.79 Å². The Morgan fingerprint density at radius 1 is 1.17 bits per heavy atom. The number of ether oxygens (including phenoxy) is 1. The van der Waals surface area contributed by atoms with E-state index in [9.17, 15) is 9.59 Å². The van der Waals surface area contributed by atoms with Gasteiger partial charge in [0.05, 0.1) is 12.5 Å². The molecule has 1 aliphatic heterocycles. The van der Waals surface area contributed by atoms with Crippen molar-refractivity contribution in [1.29, 1.82) is 0 Å². The molecule has 4 nitrogen and oxygen atoms in total. The number of ketones is 1. The number of carbonyl (C=O) groups is 2. The first-order valence-electron chi connectivity index (χ1n) is 10.3. The molecule has 29 heavy (non-hydrogen) atoms. The van der Waals surface area contributed by atoms with Gasteiger partial charge in [-0.15, -0.1) is 0 Å². The second kappa shape index (κ2) is 11.4. The molecular formula is C25H32O4. The molecule has 4 heteroatoms. The zero-order valence-electron chi connectivity index (χ0n) is 18.0. The fourth-order valence-electron chi connectivity index (χ4n) is 3.14. The van der Waals surface area contributed by atoms with Crippen LogP contribution in [0.5, 0.6) is 0 Å². The van der Waals surface area contributed by atoms with Crippen LogP contribution in [0.15, 0.2) is 69.8 Å². The summed E-state index contributed by atoms with van der Waals surface area (Å²) in [5, 5.41) is 0. The molecular weight excluding hydrogens is 364 g/mol. The van der Waals surface area contributed by atoms with Gasteiger partial charge in [-0.2, -0.15) is 0 Å². The van der Waals surface area contributed by atoms with Gasteiger partial charge in [-0.1, -0.05) is 24.6 Å². The van der Waals surface area contributed by atoms with E-state index in [0.717, 1.165) is 37.7 Å². The highest BCUT2D eigenvalue weighted by Crippen LogP contribution is 2.20. The Labute approximate surface area is 174 Å². The van der Waals surface area contributed by atoms with Crippen molar-refractivity contribution >= 4 is 11.8 Å². The maximum Gasteiger partial charge on any atom is 0.339 e. The zero-order chi connectivity index (χ0) is 21.2. The third-order valence-electron chi connectivity index (χ3n) is 5.10. The molecule has 0 spiro atoms. The number of allylic oxidation sites excluding steroid dienone is 6. The summed E-state index contributed by atoms with van der Waals surface area (Å²) in [5.74, 6) is 0.669. The van der Waals surface area contributed by atoms with Crippen molar-refractivity contribution in [3.05, 3.63) is 70.9 Å². The molecule has 0 saturated carbocycles. The average molecular weight is 397 g/mol. The average Bonchev–Trinajstić information content (AvgIpc) is 3.29. The summed E-state index contributed by atoms with van der Waals surface area (Å²) >= 11 is 0. The summed E-state index contributed by atoms with van der Waals surface area (Å²) in [6.07, 6.45) is 16.5. The third-order valence-corrected chi connectivity index (χ3v) is 5.10. The second-order valence-electron chi connectivity index (χ2n) is 7.87. The molecule has 0 aromatic carbocycles. The fraction of sp³-hybridized carbons (Fsp3) is 0.440. The third kappa shape index (κ3) is 8.10. The Morgan fingerprint density at radius 2 is 1.97 bits per heavy atom. The molecule has 0 amide bonds. The van der Waals surface area contributed by atoms with Crippen molar-refractivity contribution < 1.29 is 18.7 Å². The Morgan fingerprint density at radius 3 is 2.62 bits per heavy atom. The van der Waals surface area contributed by atoms with Crippen LogP contribution in [0.3, 0.4) is 0 Å². The molecule has 156 valence electrons. The Kier molecular flexibility index (Phi) is 8.91. The van der Waals surface area contributed by atoms with Crippen LogP contribution in [-0.4, -0.2) is 11.8 Å². The molecule has 0 aliphatic carbocycles. The van der Waals surface area contributed by atoms with Gasteiger partial charge in [0.25, 0.3) is 0 Å². The highest BCUT2D eigenvalue weighted by Gasteiger charge is 2.17. The van der Waals surface area contributed by atoms with E-state index >= 15 is 0 Å². The van der Waals surface area contributed by atoms with E-state index in [4.69, 9.17) is 9.15 Å². The lowest BCUT2D eigenvalue weighted by Crippen LogP contribution is -2.03. The second-order valence-corrected chi connectivity index (χ2v) is 7.87. The summed E-state index contributed by atoms with van der Waals surface area (Å²) in [7, 11) is 0. The first-order chi connectivity index (χ1) is 13.8. The molecule has 0 N–H and O–H groups in total. The molecule has 2 heterocycles. The van der Waals surface area contributed by atoms with E-state index in [1.165, 1.54) is 11.1 Å². The lowest BCUT2D eigenvalue weighted by molar-refractivity contribution is -0.133. The lowest BCUT2D eigenvalue weighted by atomic mass is 9.98. The summed E-state index contributed by atoms with van der Waals surface area (Å²) in [6, 6.07) is 2.00. The van der Waals surface area contributed by atoms with Crippen LogP contribution in [0.25, 0.3) is 0 Å². The Bertz CT molecular complexity index is 819. The van der Waals surface area contributed by atoms with Gasteiger partial charge in [0.1, 0.15) is 5.76 Å². The van der Waals surface area contributed by atoms with Crippen molar-refractivity contribution in [2.45, 2.75) is 66.2 Å². The van der Waals surface area contributed by atoms with Crippen LogP contribution < -0.4 is 0 Å². The van der Waals surface area contributed by atoms with Crippen LogP contribution in [-0.2, 0) is 20.7 Å². The normalized spacial score (nSPS) is 17.4. The number of Topliss-reactive ketones (excluding diaryl/α,β-unsaturated/α-hetero) is 1. The maximum atomic E-state index is 12.4. The van der Waals surface area contributed by atoms with Gasteiger partial charge in [0, 0.05) is 12.0 Å². The molecule has 0 radical (unpaired) electrons. The number of cyclic esters (lactones) is 1. The van der Waals surface area contributed by atoms with Gasteiger partial charge in [0.2, 0.25) is 0 Å². The SMILES string of the molecule is CC(=CCCc1ccoc1)CCC=C(C)C(=O)CCC(C)C=C1C=C(C)C(=O)O1. The van der Waals surface area contributed by atoms with Crippen LogP contribution in [0.1, 0.15) is 65.4 Å². The standard InChI is InChI=1S/C25H32O4/c1-18(8-6-10-22-13-14-28-17-22)7-5-9-20(3)24(26)12-11-19(2)15-23-16-21(4)25(27)29-23/h8-9,13-17,19H,5-7,10-12H2,1-4H3. The van der Waals surface area contributed by atoms with E-state index in [1.807, 2.05) is 32.1 Å². The van der Waals surface area contributed by atoms with Crippen molar-refractivity contribution in [2.24, 2.45) is 5.92 Å². The number of hydrogen-bond donors (Lipinski definition) is 0. The summed E-state index contributed by atoms with van der Waals surface area (Å²) < 4.78 is 10.2. The predicted molar refractivity (Wildman–Crippen MR) is 115 cm³/mol. The molecule has 0 fully saturated rings. The quantitative estimate of drug-likeness (QED) is 0.252. The minimum absolute atomic E-state index is 0.178. The Balaban J connectivity index is 1.68. The molecule has 1 aliphatic rings. The van der Waals surface area contributed by atoms with Crippen molar-refractivity contribution in [2.75, 3.05) is 0 Å². The summed E-state index contributed by atoms with van der Waals surface area (Å²) in [5.41, 5.74) is 4.01. The first-order valence-corrected chi connectivity index (χ1v) is 10.3. The number of carbonyl (C=O) groups excluding carboxylic acids is 2. The van der Waals surface area contributed by atoms with Gasteiger partial charge in [-0.25, -0.2) is 4.79 Å². The fourth-order valence-corrected chi connectivity index (χ4v) is 3.14. The smallest absolute Gasteiger partial charge is 0.339 e. The van der Waals surface area contributed by atoms with E-state index in [1.54, 1.807) is 25.5 Å². The monoisotopic (exact) mass is 396 g/mol. The minimum atomic E-state index is -0.288.